The molecular weight excluding hydrogens is 242 g/mol. The monoisotopic (exact) mass is 263 g/mol. The molecule has 5 heteroatoms. The van der Waals surface area contributed by atoms with Crippen molar-refractivity contribution in [3.8, 4) is 5.75 Å². The van der Waals surface area contributed by atoms with Gasteiger partial charge in [0.1, 0.15) is 5.75 Å². The van der Waals surface area contributed by atoms with Crippen molar-refractivity contribution in [3.05, 3.63) is 24.3 Å². The second-order valence-electron chi connectivity index (χ2n) is 4.76. The summed E-state index contributed by atoms with van der Waals surface area (Å²) in [7, 11) is 0. The van der Waals surface area contributed by atoms with E-state index in [-0.39, 0.29) is 11.9 Å². The van der Waals surface area contributed by atoms with E-state index >= 15 is 0 Å². The number of ether oxygens (including phenoxy) is 1. The summed E-state index contributed by atoms with van der Waals surface area (Å²) >= 11 is 0. The van der Waals surface area contributed by atoms with Gasteiger partial charge in [-0.3, -0.25) is 9.69 Å². The van der Waals surface area contributed by atoms with Crippen LogP contribution in [0.15, 0.2) is 24.3 Å². The summed E-state index contributed by atoms with van der Waals surface area (Å²) in [6, 6.07) is 7.66. The van der Waals surface area contributed by atoms with Crippen LogP contribution in [0.2, 0.25) is 0 Å². The molecule has 2 rings (SSSR count). The Balaban J connectivity index is 1.91. The Morgan fingerprint density at radius 3 is 3.00 bits per heavy atom. The fourth-order valence-corrected chi connectivity index (χ4v) is 2.25. The summed E-state index contributed by atoms with van der Waals surface area (Å²) in [5.74, 6) is 0.678. The number of para-hydroxylation sites is 2. The van der Waals surface area contributed by atoms with E-state index in [1.807, 2.05) is 31.2 Å². The van der Waals surface area contributed by atoms with Crippen molar-refractivity contribution in [2.24, 2.45) is 5.73 Å². The van der Waals surface area contributed by atoms with Crippen molar-refractivity contribution in [2.45, 2.75) is 19.4 Å². The lowest BCUT2D eigenvalue weighted by atomic mass is 10.3. The molecule has 1 saturated heterocycles. The van der Waals surface area contributed by atoms with E-state index in [1.165, 1.54) is 0 Å². The first-order valence-electron chi connectivity index (χ1n) is 6.68. The summed E-state index contributed by atoms with van der Waals surface area (Å²) < 4.78 is 5.48. The maximum atomic E-state index is 12.0. The second-order valence-corrected chi connectivity index (χ2v) is 4.76. The van der Waals surface area contributed by atoms with Gasteiger partial charge in [-0.2, -0.15) is 0 Å². The SMILES string of the molecule is CCOc1ccccc1NC(=O)CN1CC[C@H](N)C1. The molecule has 0 spiro atoms. The van der Waals surface area contributed by atoms with E-state index in [4.69, 9.17) is 10.5 Å². The predicted octanol–water partition coefficient (Wildman–Crippen LogP) is 1.06. The first-order valence-corrected chi connectivity index (χ1v) is 6.68. The van der Waals surface area contributed by atoms with Gasteiger partial charge in [0.05, 0.1) is 18.8 Å². The van der Waals surface area contributed by atoms with Crippen LogP contribution in [0, 0.1) is 0 Å². The van der Waals surface area contributed by atoms with E-state index in [1.54, 1.807) is 0 Å². The molecule has 0 bridgehead atoms. The van der Waals surface area contributed by atoms with Crippen molar-refractivity contribution in [3.63, 3.8) is 0 Å². The maximum absolute atomic E-state index is 12.0. The Kier molecular flexibility index (Phi) is 4.76. The van der Waals surface area contributed by atoms with Gasteiger partial charge in [-0.15, -0.1) is 0 Å². The average Bonchev–Trinajstić information content (AvgIpc) is 2.77. The van der Waals surface area contributed by atoms with Crippen LogP contribution in [0.4, 0.5) is 5.69 Å². The number of likely N-dealkylation sites (tertiary alicyclic amines) is 1. The zero-order valence-electron chi connectivity index (χ0n) is 11.3. The fraction of sp³-hybridized carbons (Fsp3) is 0.500. The summed E-state index contributed by atoms with van der Waals surface area (Å²) in [6.07, 6.45) is 0.961. The van der Waals surface area contributed by atoms with Crippen molar-refractivity contribution >= 4 is 11.6 Å². The second kappa shape index (κ2) is 6.54. The Morgan fingerprint density at radius 1 is 1.53 bits per heavy atom. The molecule has 0 unspecified atom stereocenters. The molecule has 1 fully saturated rings. The first kappa shape index (κ1) is 13.8. The molecule has 1 aliphatic heterocycles. The number of hydrogen-bond donors (Lipinski definition) is 2. The highest BCUT2D eigenvalue weighted by Crippen LogP contribution is 2.23. The van der Waals surface area contributed by atoms with Gasteiger partial charge in [-0.1, -0.05) is 12.1 Å². The van der Waals surface area contributed by atoms with Gasteiger partial charge in [0.2, 0.25) is 5.91 Å². The average molecular weight is 263 g/mol. The van der Waals surface area contributed by atoms with Crippen LogP contribution >= 0.6 is 0 Å². The maximum Gasteiger partial charge on any atom is 0.238 e. The molecule has 1 aliphatic rings. The molecular formula is C14H21N3O2. The molecule has 1 aromatic rings. The largest absolute Gasteiger partial charge is 0.492 e. The van der Waals surface area contributed by atoms with Gasteiger partial charge in [0, 0.05) is 19.1 Å². The number of hydrogen-bond acceptors (Lipinski definition) is 4. The van der Waals surface area contributed by atoms with E-state index in [2.05, 4.69) is 10.2 Å². The van der Waals surface area contributed by atoms with Gasteiger partial charge in [-0.25, -0.2) is 0 Å². The Morgan fingerprint density at radius 2 is 2.32 bits per heavy atom. The van der Waals surface area contributed by atoms with E-state index in [9.17, 15) is 4.79 Å². The number of anilines is 1. The first-order chi connectivity index (χ1) is 9.19. The number of carbonyl (C=O) groups excluding carboxylic acids is 1. The molecule has 19 heavy (non-hydrogen) atoms. The fourth-order valence-electron chi connectivity index (χ4n) is 2.25. The van der Waals surface area contributed by atoms with E-state index < -0.39 is 0 Å². The molecule has 1 heterocycles. The smallest absolute Gasteiger partial charge is 0.238 e. The molecule has 1 atom stereocenters. The molecule has 3 N–H and O–H groups in total. The molecule has 1 aromatic carbocycles. The molecule has 104 valence electrons. The highest BCUT2D eigenvalue weighted by Gasteiger charge is 2.21. The summed E-state index contributed by atoms with van der Waals surface area (Å²) in [5, 5.41) is 2.89. The molecule has 0 aromatic heterocycles. The number of benzene rings is 1. The van der Waals surface area contributed by atoms with Gasteiger partial charge in [0.25, 0.3) is 0 Å². The lowest BCUT2D eigenvalue weighted by Crippen LogP contribution is -2.33. The van der Waals surface area contributed by atoms with Crippen LogP contribution in [0.3, 0.4) is 0 Å². The lowest BCUT2D eigenvalue weighted by Gasteiger charge is -2.16. The van der Waals surface area contributed by atoms with E-state index in [0.29, 0.717) is 18.9 Å². The zero-order valence-corrected chi connectivity index (χ0v) is 11.3. The summed E-state index contributed by atoms with van der Waals surface area (Å²) in [5.41, 5.74) is 6.54. The quantitative estimate of drug-likeness (QED) is 0.833. The third-order valence-electron chi connectivity index (χ3n) is 3.14. The van der Waals surface area contributed by atoms with Crippen molar-refractivity contribution in [1.29, 1.82) is 0 Å². The third-order valence-corrected chi connectivity index (χ3v) is 3.14. The summed E-state index contributed by atoms with van der Waals surface area (Å²) in [6.45, 7) is 4.56. The van der Waals surface area contributed by atoms with Crippen molar-refractivity contribution < 1.29 is 9.53 Å². The molecule has 0 radical (unpaired) electrons. The minimum Gasteiger partial charge on any atom is -0.492 e. The highest BCUT2D eigenvalue weighted by molar-refractivity contribution is 5.93. The lowest BCUT2D eigenvalue weighted by molar-refractivity contribution is -0.117. The number of carbonyl (C=O) groups is 1. The van der Waals surface area contributed by atoms with Crippen LogP contribution in [-0.2, 0) is 4.79 Å². The van der Waals surface area contributed by atoms with Gasteiger partial charge >= 0.3 is 0 Å². The minimum atomic E-state index is -0.0266. The molecule has 0 aliphatic carbocycles. The number of nitrogens with one attached hydrogen (secondary N) is 1. The van der Waals surface area contributed by atoms with Crippen LogP contribution in [0.1, 0.15) is 13.3 Å². The minimum absolute atomic E-state index is 0.0266. The van der Waals surface area contributed by atoms with Crippen LogP contribution in [0.25, 0.3) is 0 Å². The standard InChI is InChI=1S/C14H21N3O2/c1-2-19-13-6-4-3-5-12(13)16-14(18)10-17-8-7-11(15)9-17/h3-6,11H,2,7-10,15H2,1H3,(H,16,18)/t11-/m0/s1. The number of amides is 1. The number of nitrogens with two attached hydrogens (primary N) is 1. The van der Waals surface area contributed by atoms with Gasteiger partial charge in [-0.05, 0) is 25.5 Å². The molecule has 5 nitrogen and oxygen atoms in total. The third kappa shape index (κ3) is 3.94. The van der Waals surface area contributed by atoms with Gasteiger partial charge in [0.15, 0.2) is 0 Å². The van der Waals surface area contributed by atoms with Crippen molar-refractivity contribution in [2.75, 3.05) is 31.6 Å². The Labute approximate surface area is 113 Å². The number of rotatable bonds is 5. The van der Waals surface area contributed by atoms with Crippen LogP contribution in [0.5, 0.6) is 5.75 Å². The highest BCUT2D eigenvalue weighted by atomic mass is 16.5. The van der Waals surface area contributed by atoms with Crippen LogP contribution < -0.4 is 15.8 Å². The molecule has 1 amide bonds. The Bertz CT molecular complexity index is 436. The van der Waals surface area contributed by atoms with Crippen molar-refractivity contribution in [1.82, 2.24) is 4.90 Å². The van der Waals surface area contributed by atoms with E-state index in [0.717, 1.165) is 25.2 Å². The normalized spacial score (nSPS) is 19.4. The summed E-state index contributed by atoms with van der Waals surface area (Å²) in [4.78, 5) is 14.1. The predicted molar refractivity (Wildman–Crippen MR) is 75.3 cm³/mol. The Hall–Kier alpha value is -1.59. The molecule has 0 saturated carbocycles. The topological polar surface area (TPSA) is 67.6 Å². The zero-order chi connectivity index (χ0) is 13.7. The van der Waals surface area contributed by atoms with Crippen LogP contribution in [-0.4, -0.2) is 43.1 Å². The number of nitrogens with zero attached hydrogens (tertiary/aromatic N) is 1. The van der Waals surface area contributed by atoms with Gasteiger partial charge < -0.3 is 15.8 Å².